The van der Waals surface area contributed by atoms with Crippen molar-refractivity contribution in [3.05, 3.63) is 26.6 Å². The van der Waals surface area contributed by atoms with Gasteiger partial charge >= 0.3 is 0 Å². The molecule has 1 rings (SSSR count). The van der Waals surface area contributed by atoms with E-state index in [9.17, 15) is 8.42 Å². The average molecular weight is 415 g/mol. The van der Waals surface area contributed by atoms with Crippen molar-refractivity contribution in [2.45, 2.75) is 31.2 Å². The van der Waals surface area contributed by atoms with Gasteiger partial charge in [-0.2, -0.15) is 0 Å². The summed E-state index contributed by atoms with van der Waals surface area (Å²) in [6.45, 7) is 4.16. The number of rotatable bonds is 6. The van der Waals surface area contributed by atoms with Crippen LogP contribution in [0.15, 0.2) is 26.0 Å². The highest BCUT2D eigenvalue weighted by molar-refractivity contribution is 9.11. The Morgan fingerprint density at radius 2 is 1.95 bits per heavy atom. The smallest absolute Gasteiger partial charge is 0.242 e. The molecule has 0 saturated carbocycles. The van der Waals surface area contributed by atoms with Crippen LogP contribution in [-0.2, 0) is 14.8 Å². The minimum Gasteiger partial charge on any atom is -0.383 e. The van der Waals surface area contributed by atoms with E-state index in [1.54, 1.807) is 19.2 Å². The van der Waals surface area contributed by atoms with E-state index in [0.717, 1.165) is 10.0 Å². The molecule has 0 radical (unpaired) electrons. The minimum absolute atomic E-state index is 0.222. The molecule has 0 spiro atoms. The van der Waals surface area contributed by atoms with Gasteiger partial charge in [-0.3, -0.25) is 0 Å². The molecule has 0 fully saturated rings. The van der Waals surface area contributed by atoms with Crippen LogP contribution in [0.25, 0.3) is 0 Å². The van der Waals surface area contributed by atoms with Crippen LogP contribution in [0.1, 0.15) is 18.9 Å². The van der Waals surface area contributed by atoms with E-state index in [2.05, 4.69) is 36.6 Å². The third-order valence-corrected chi connectivity index (χ3v) is 6.02. The van der Waals surface area contributed by atoms with Crippen molar-refractivity contribution in [2.24, 2.45) is 0 Å². The van der Waals surface area contributed by atoms with Crippen molar-refractivity contribution in [1.29, 1.82) is 0 Å². The summed E-state index contributed by atoms with van der Waals surface area (Å²) >= 11 is 6.65. The molecule has 0 aliphatic heterocycles. The van der Waals surface area contributed by atoms with Gasteiger partial charge in [-0.25, -0.2) is 13.1 Å². The third kappa shape index (κ3) is 4.53. The summed E-state index contributed by atoms with van der Waals surface area (Å²) < 4.78 is 33.6. The summed E-state index contributed by atoms with van der Waals surface area (Å²) in [4.78, 5) is 0.222. The van der Waals surface area contributed by atoms with Crippen LogP contribution >= 0.6 is 31.9 Å². The lowest BCUT2D eigenvalue weighted by molar-refractivity contribution is 0.173. The summed E-state index contributed by atoms with van der Waals surface area (Å²) in [7, 11) is -2.02. The molecule has 0 aromatic heterocycles. The largest absolute Gasteiger partial charge is 0.383 e. The van der Waals surface area contributed by atoms with Crippen LogP contribution in [-0.4, -0.2) is 28.2 Å². The fourth-order valence-corrected chi connectivity index (χ4v) is 4.53. The Bertz CT molecular complexity index is 546. The maximum absolute atomic E-state index is 12.3. The Balaban J connectivity index is 3.10. The first-order valence-electron chi connectivity index (χ1n) is 5.78. The summed E-state index contributed by atoms with van der Waals surface area (Å²) in [5, 5.41) is 0. The summed E-state index contributed by atoms with van der Waals surface area (Å²) in [6.07, 6.45) is 0.664. The van der Waals surface area contributed by atoms with Crippen molar-refractivity contribution in [3.8, 4) is 0 Å². The van der Waals surface area contributed by atoms with Gasteiger partial charge in [0.15, 0.2) is 0 Å². The molecule has 0 aliphatic rings. The lowest BCUT2D eigenvalue weighted by Gasteiger charge is -2.17. The number of sulfonamides is 1. The van der Waals surface area contributed by atoms with Gasteiger partial charge in [0.05, 0.1) is 11.5 Å². The number of ether oxygens (including phenoxy) is 1. The first-order chi connectivity index (χ1) is 8.81. The minimum atomic E-state index is -3.57. The molecule has 1 aromatic rings. The zero-order valence-electron chi connectivity index (χ0n) is 11.0. The molecule has 0 aliphatic carbocycles. The number of aryl methyl sites for hydroxylation is 1. The lowest BCUT2D eigenvalue weighted by atomic mass is 10.2. The Labute approximate surface area is 131 Å². The SMILES string of the molecule is CCC(COC)NS(=O)(=O)c1cc(Br)c(C)cc1Br. The van der Waals surface area contributed by atoms with E-state index >= 15 is 0 Å². The van der Waals surface area contributed by atoms with Crippen LogP contribution < -0.4 is 4.72 Å². The van der Waals surface area contributed by atoms with Crippen molar-refractivity contribution in [2.75, 3.05) is 13.7 Å². The zero-order valence-corrected chi connectivity index (χ0v) is 15.0. The van der Waals surface area contributed by atoms with E-state index in [1.165, 1.54) is 0 Å². The molecule has 1 atom stereocenters. The lowest BCUT2D eigenvalue weighted by Crippen LogP contribution is -2.37. The molecule has 1 aromatic carbocycles. The van der Waals surface area contributed by atoms with Crippen LogP contribution in [0.5, 0.6) is 0 Å². The highest BCUT2D eigenvalue weighted by atomic mass is 79.9. The first-order valence-corrected chi connectivity index (χ1v) is 8.85. The Hall–Kier alpha value is 0.0500. The maximum Gasteiger partial charge on any atom is 0.242 e. The van der Waals surface area contributed by atoms with E-state index in [-0.39, 0.29) is 10.9 Å². The molecule has 0 amide bonds. The molecular formula is C12H17Br2NO3S. The summed E-state index contributed by atoms with van der Waals surface area (Å²) in [6, 6.07) is 3.14. The number of benzene rings is 1. The van der Waals surface area contributed by atoms with E-state index < -0.39 is 10.0 Å². The number of methoxy groups -OCH3 is 1. The molecule has 108 valence electrons. The molecule has 19 heavy (non-hydrogen) atoms. The number of hydrogen-bond acceptors (Lipinski definition) is 3. The maximum atomic E-state index is 12.3. The van der Waals surface area contributed by atoms with Gasteiger partial charge in [-0.05, 0) is 47.0 Å². The number of halogens is 2. The monoisotopic (exact) mass is 413 g/mol. The Morgan fingerprint density at radius 1 is 1.32 bits per heavy atom. The molecule has 7 heteroatoms. The Kier molecular flexibility index (Phi) is 6.46. The molecule has 1 unspecified atom stereocenters. The van der Waals surface area contributed by atoms with Gasteiger partial charge in [0.2, 0.25) is 10.0 Å². The van der Waals surface area contributed by atoms with Gasteiger partial charge in [-0.1, -0.05) is 22.9 Å². The third-order valence-electron chi connectivity index (χ3n) is 2.69. The molecular weight excluding hydrogens is 398 g/mol. The molecule has 0 bridgehead atoms. The van der Waals surface area contributed by atoms with Gasteiger partial charge in [0.25, 0.3) is 0 Å². The quantitative estimate of drug-likeness (QED) is 0.777. The standard InChI is InChI=1S/C12H17Br2NO3S/c1-4-9(7-18-3)15-19(16,17)12-6-10(13)8(2)5-11(12)14/h5-6,9,15H,4,7H2,1-3H3. The van der Waals surface area contributed by atoms with E-state index in [1.807, 2.05) is 13.8 Å². The molecule has 4 nitrogen and oxygen atoms in total. The average Bonchev–Trinajstić information content (AvgIpc) is 2.32. The highest BCUT2D eigenvalue weighted by Crippen LogP contribution is 2.28. The van der Waals surface area contributed by atoms with Gasteiger partial charge in [0.1, 0.15) is 0 Å². The van der Waals surface area contributed by atoms with Crippen molar-refractivity contribution >= 4 is 41.9 Å². The number of nitrogens with one attached hydrogen (secondary N) is 1. The Morgan fingerprint density at radius 3 is 2.47 bits per heavy atom. The molecule has 1 N–H and O–H groups in total. The summed E-state index contributed by atoms with van der Waals surface area (Å²) in [5.74, 6) is 0. The second-order valence-electron chi connectivity index (χ2n) is 4.21. The van der Waals surface area contributed by atoms with Crippen LogP contribution in [0.3, 0.4) is 0 Å². The highest BCUT2D eigenvalue weighted by Gasteiger charge is 2.22. The molecule has 0 saturated heterocycles. The topological polar surface area (TPSA) is 55.4 Å². The predicted molar refractivity (Wildman–Crippen MR) is 82.9 cm³/mol. The van der Waals surface area contributed by atoms with Gasteiger partial charge in [0, 0.05) is 22.1 Å². The second-order valence-corrected chi connectivity index (χ2v) is 7.60. The van der Waals surface area contributed by atoms with Gasteiger partial charge < -0.3 is 4.74 Å². The van der Waals surface area contributed by atoms with Crippen molar-refractivity contribution in [1.82, 2.24) is 4.72 Å². The second kappa shape index (κ2) is 7.17. The van der Waals surface area contributed by atoms with E-state index in [4.69, 9.17) is 4.74 Å². The fraction of sp³-hybridized carbons (Fsp3) is 0.500. The predicted octanol–water partition coefficient (Wildman–Crippen LogP) is 3.22. The van der Waals surface area contributed by atoms with Crippen LogP contribution in [0.4, 0.5) is 0 Å². The first kappa shape index (κ1) is 17.1. The fourth-order valence-electron chi connectivity index (χ4n) is 1.55. The van der Waals surface area contributed by atoms with Crippen LogP contribution in [0, 0.1) is 6.92 Å². The van der Waals surface area contributed by atoms with Crippen molar-refractivity contribution < 1.29 is 13.2 Å². The normalized spacial score (nSPS) is 13.5. The zero-order chi connectivity index (χ0) is 14.6. The van der Waals surface area contributed by atoms with E-state index in [0.29, 0.717) is 17.5 Å². The number of hydrogen-bond donors (Lipinski definition) is 1. The van der Waals surface area contributed by atoms with Crippen molar-refractivity contribution in [3.63, 3.8) is 0 Å². The van der Waals surface area contributed by atoms with Gasteiger partial charge in [-0.15, -0.1) is 0 Å². The molecule has 0 heterocycles. The van der Waals surface area contributed by atoms with Crippen LogP contribution in [0.2, 0.25) is 0 Å². The summed E-state index contributed by atoms with van der Waals surface area (Å²) in [5.41, 5.74) is 0.967.